The van der Waals surface area contributed by atoms with Crippen LogP contribution in [0.1, 0.15) is 39.5 Å². The molecule has 0 saturated heterocycles. The van der Waals surface area contributed by atoms with E-state index in [2.05, 4.69) is 36.2 Å². The molecule has 0 aromatic rings. The summed E-state index contributed by atoms with van der Waals surface area (Å²) in [4.78, 5) is 14.1. The van der Waals surface area contributed by atoms with Crippen LogP contribution in [0.4, 0.5) is 0 Å². The summed E-state index contributed by atoms with van der Waals surface area (Å²) in [7, 11) is 2.10. The van der Waals surface area contributed by atoms with Crippen LogP contribution in [0.3, 0.4) is 0 Å². The Morgan fingerprint density at radius 2 is 2.00 bits per heavy atom. The van der Waals surface area contributed by atoms with Gasteiger partial charge in [-0.2, -0.15) is 0 Å². The molecule has 0 unspecified atom stereocenters. The average molecular weight is 228 g/mol. The second-order valence-electron chi connectivity index (χ2n) is 4.01. The van der Waals surface area contributed by atoms with Gasteiger partial charge >= 0.3 is 5.97 Å². The number of hydrogen-bond donors (Lipinski definition) is 1. The highest BCUT2D eigenvalue weighted by atomic mass is 16.4. The fraction of sp³-hybridized carbons (Fsp3) is 0.750. The van der Waals surface area contributed by atoms with Crippen molar-refractivity contribution in [3.63, 3.8) is 0 Å². The van der Waals surface area contributed by atoms with Gasteiger partial charge in [-0.25, -0.2) is 0 Å². The van der Waals surface area contributed by atoms with Crippen molar-refractivity contribution < 1.29 is 9.90 Å². The number of rotatable bonds is 5. The maximum absolute atomic E-state index is 9.60. The topological polar surface area (TPSA) is 43.8 Å². The Morgan fingerprint density at radius 1 is 1.31 bits per heavy atom. The van der Waals surface area contributed by atoms with E-state index in [9.17, 15) is 4.79 Å². The van der Waals surface area contributed by atoms with Crippen LogP contribution in [0.5, 0.6) is 0 Å². The smallest absolute Gasteiger partial charge is 0.303 e. The van der Waals surface area contributed by atoms with Gasteiger partial charge in [0.1, 0.15) is 0 Å². The summed E-state index contributed by atoms with van der Waals surface area (Å²) in [5.41, 5.74) is 0. The number of carboxylic acid groups (broad SMARTS) is 1. The molecule has 1 heterocycles. The van der Waals surface area contributed by atoms with Crippen molar-refractivity contribution >= 4 is 5.97 Å². The summed E-state index contributed by atoms with van der Waals surface area (Å²) < 4.78 is 0. The van der Waals surface area contributed by atoms with Crippen LogP contribution in [0.25, 0.3) is 0 Å². The zero-order valence-electron chi connectivity index (χ0n) is 10.6. The van der Waals surface area contributed by atoms with Gasteiger partial charge < -0.3 is 14.9 Å². The Kier molecular flexibility index (Phi) is 8.39. The molecule has 4 heteroatoms. The van der Waals surface area contributed by atoms with Crippen LogP contribution >= 0.6 is 0 Å². The molecule has 94 valence electrons. The van der Waals surface area contributed by atoms with Crippen LogP contribution in [-0.4, -0.2) is 41.1 Å². The first kappa shape index (κ1) is 14.8. The van der Waals surface area contributed by atoms with Crippen LogP contribution < -0.4 is 0 Å². The third kappa shape index (κ3) is 8.15. The van der Waals surface area contributed by atoms with Gasteiger partial charge in [-0.1, -0.05) is 20.3 Å². The van der Waals surface area contributed by atoms with Crippen molar-refractivity contribution in [3.05, 3.63) is 12.4 Å². The van der Waals surface area contributed by atoms with E-state index in [0.29, 0.717) is 6.42 Å². The molecule has 0 aliphatic carbocycles. The average Bonchev–Trinajstić information content (AvgIpc) is 2.62. The van der Waals surface area contributed by atoms with Crippen LogP contribution in [-0.2, 0) is 4.79 Å². The molecule has 0 fully saturated rings. The van der Waals surface area contributed by atoms with Crippen molar-refractivity contribution in [2.75, 3.05) is 20.3 Å². The first-order valence-corrected chi connectivity index (χ1v) is 5.94. The zero-order valence-corrected chi connectivity index (χ0v) is 10.6. The molecule has 0 aromatic carbocycles. The van der Waals surface area contributed by atoms with Crippen molar-refractivity contribution in [2.24, 2.45) is 0 Å². The highest BCUT2D eigenvalue weighted by Crippen LogP contribution is 2.04. The normalized spacial score (nSPS) is 13.7. The Balaban J connectivity index is 0.000000325. The molecule has 1 aliphatic rings. The highest BCUT2D eigenvalue weighted by molar-refractivity contribution is 5.66. The summed E-state index contributed by atoms with van der Waals surface area (Å²) in [6.07, 6.45) is 7.90. The minimum absolute atomic E-state index is 0.292. The number of hydrogen-bond acceptors (Lipinski definition) is 3. The van der Waals surface area contributed by atoms with E-state index in [0.717, 1.165) is 13.1 Å². The molecule has 0 aromatic heterocycles. The van der Waals surface area contributed by atoms with Gasteiger partial charge in [0, 0.05) is 32.4 Å². The van der Waals surface area contributed by atoms with Gasteiger partial charge in [0.25, 0.3) is 0 Å². The molecule has 0 spiro atoms. The Hall–Kier alpha value is -1.19. The number of carboxylic acids is 1. The lowest BCUT2D eigenvalue weighted by Gasteiger charge is -2.17. The molecule has 1 N–H and O–H groups in total. The van der Waals surface area contributed by atoms with Crippen molar-refractivity contribution in [1.29, 1.82) is 0 Å². The van der Waals surface area contributed by atoms with E-state index in [1.54, 1.807) is 0 Å². The molecule has 0 saturated carbocycles. The molecule has 4 nitrogen and oxygen atoms in total. The molecule has 0 bridgehead atoms. The van der Waals surface area contributed by atoms with Gasteiger partial charge in [0.05, 0.1) is 6.67 Å². The lowest BCUT2D eigenvalue weighted by molar-refractivity contribution is -0.137. The number of unbranched alkanes of at least 4 members (excludes halogenated alkanes) is 1. The molecular weight excluding hydrogens is 204 g/mol. The lowest BCUT2D eigenvalue weighted by Crippen LogP contribution is -2.23. The Bertz CT molecular complexity index is 217. The lowest BCUT2D eigenvalue weighted by atomic mass is 10.3. The van der Waals surface area contributed by atoms with E-state index in [1.165, 1.54) is 19.4 Å². The second kappa shape index (κ2) is 9.07. The fourth-order valence-corrected chi connectivity index (χ4v) is 1.31. The van der Waals surface area contributed by atoms with Crippen molar-refractivity contribution in [1.82, 2.24) is 9.80 Å². The third-order valence-electron chi connectivity index (χ3n) is 2.20. The van der Waals surface area contributed by atoms with E-state index in [4.69, 9.17) is 5.11 Å². The largest absolute Gasteiger partial charge is 0.481 e. The summed E-state index contributed by atoms with van der Waals surface area (Å²) in [6.45, 7) is 6.34. The van der Waals surface area contributed by atoms with Crippen LogP contribution in [0.2, 0.25) is 0 Å². The van der Waals surface area contributed by atoms with E-state index in [-0.39, 0.29) is 0 Å². The predicted molar refractivity (Wildman–Crippen MR) is 65.9 cm³/mol. The number of aliphatic carboxylic acids is 1. The highest BCUT2D eigenvalue weighted by Gasteiger charge is 2.05. The SMILES string of the molecule is CCCC(=O)O.CCCCN1C=CN(C)C1. The van der Waals surface area contributed by atoms with Gasteiger partial charge in [-0.15, -0.1) is 0 Å². The molecule has 1 aliphatic heterocycles. The Labute approximate surface area is 98.5 Å². The van der Waals surface area contributed by atoms with Crippen molar-refractivity contribution in [3.8, 4) is 0 Å². The van der Waals surface area contributed by atoms with Gasteiger partial charge in [-0.3, -0.25) is 4.79 Å². The zero-order chi connectivity index (χ0) is 12.4. The summed E-state index contributed by atoms with van der Waals surface area (Å²) in [6, 6.07) is 0. The van der Waals surface area contributed by atoms with Crippen LogP contribution in [0, 0.1) is 0 Å². The first-order chi connectivity index (χ1) is 7.60. The van der Waals surface area contributed by atoms with Crippen LogP contribution in [0.15, 0.2) is 12.4 Å². The van der Waals surface area contributed by atoms with E-state index >= 15 is 0 Å². The summed E-state index contributed by atoms with van der Waals surface area (Å²) >= 11 is 0. The maximum Gasteiger partial charge on any atom is 0.303 e. The molecule has 0 atom stereocenters. The fourth-order valence-electron chi connectivity index (χ4n) is 1.31. The molecule has 16 heavy (non-hydrogen) atoms. The van der Waals surface area contributed by atoms with E-state index in [1.807, 2.05) is 6.92 Å². The standard InChI is InChI=1S/C8H16N2.C4H8O2/c1-3-4-5-10-7-6-9(2)8-10;1-2-3-4(5)6/h6-7H,3-5,8H2,1-2H3;2-3H2,1H3,(H,5,6). The quantitative estimate of drug-likeness (QED) is 0.784. The van der Waals surface area contributed by atoms with Gasteiger partial charge in [0.2, 0.25) is 0 Å². The van der Waals surface area contributed by atoms with Gasteiger partial charge in [0.15, 0.2) is 0 Å². The second-order valence-corrected chi connectivity index (χ2v) is 4.01. The monoisotopic (exact) mass is 228 g/mol. The number of carbonyl (C=O) groups is 1. The molecular formula is C12H24N2O2. The minimum atomic E-state index is -0.711. The molecule has 0 amide bonds. The predicted octanol–water partition coefficient (Wildman–Crippen LogP) is 2.33. The molecule has 1 rings (SSSR count). The summed E-state index contributed by atoms with van der Waals surface area (Å²) in [5, 5.41) is 7.91. The Morgan fingerprint density at radius 3 is 2.31 bits per heavy atom. The third-order valence-corrected chi connectivity index (χ3v) is 2.20. The van der Waals surface area contributed by atoms with Crippen molar-refractivity contribution in [2.45, 2.75) is 39.5 Å². The molecule has 0 radical (unpaired) electrons. The minimum Gasteiger partial charge on any atom is -0.481 e. The maximum atomic E-state index is 9.60. The van der Waals surface area contributed by atoms with E-state index < -0.39 is 5.97 Å². The van der Waals surface area contributed by atoms with Gasteiger partial charge in [-0.05, 0) is 12.8 Å². The first-order valence-electron chi connectivity index (χ1n) is 5.94. The number of nitrogens with zero attached hydrogens (tertiary/aromatic N) is 2. The summed E-state index contributed by atoms with van der Waals surface area (Å²) in [5.74, 6) is -0.711.